The second-order valence-electron chi connectivity index (χ2n) is 4.01. The third kappa shape index (κ3) is 3.12. The van der Waals surface area contributed by atoms with Crippen LogP contribution in [0.4, 0.5) is 5.69 Å². The Morgan fingerprint density at radius 3 is 2.84 bits per heavy atom. The van der Waals surface area contributed by atoms with Crippen molar-refractivity contribution in [2.45, 2.75) is 25.0 Å². The molecule has 1 aromatic carbocycles. The van der Waals surface area contributed by atoms with Crippen LogP contribution in [-0.2, 0) is 23.1 Å². The minimum atomic E-state index is -3.68. The Hall–Kier alpha value is -1.86. The highest BCUT2D eigenvalue weighted by molar-refractivity contribution is 7.92. The minimum Gasteiger partial charge on any atom is -0.392 e. The zero-order valence-electron chi connectivity index (χ0n) is 10.4. The average molecular weight is 281 g/mol. The van der Waals surface area contributed by atoms with Gasteiger partial charge >= 0.3 is 0 Å². The molecule has 2 aromatic rings. The molecule has 102 valence electrons. The number of benzene rings is 1. The van der Waals surface area contributed by atoms with Gasteiger partial charge in [-0.2, -0.15) is 8.42 Å². The van der Waals surface area contributed by atoms with E-state index in [4.69, 9.17) is 5.11 Å². The van der Waals surface area contributed by atoms with Gasteiger partial charge in [-0.05, 0) is 17.7 Å². The monoisotopic (exact) mass is 281 g/mol. The Morgan fingerprint density at radius 2 is 2.21 bits per heavy atom. The normalized spacial score (nSPS) is 11.5. The highest BCUT2D eigenvalue weighted by atomic mass is 32.2. The fourth-order valence-corrected chi connectivity index (χ4v) is 2.59. The van der Waals surface area contributed by atoms with Gasteiger partial charge in [-0.3, -0.25) is 4.72 Å². The molecule has 0 radical (unpaired) electrons. The molecule has 3 N–H and O–H groups in total. The Kier molecular flexibility index (Phi) is 3.87. The van der Waals surface area contributed by atoms with Crippen molar-refractivity contribution in [3.05, 3.63) is 41.9 Å². The first kappa shape index (κ1) is 13.6. The third-order valence-corrected chi connectivity index (χ3v) is 3.88. The molecule has 0 aliphatic heterocycles. The van der Waals surface area contributed by atoms with E-state index in [1.165, 1.54) is 6.20 Å². The molecular weight excluding hydrogens is 266 g/mol. The Balaban J connectivity index is 2.25. The molecule has 0 fully saturated rings. The molecule has 0 saturated carbocycles. The summed E-state index contributed by atoms with van der Waals surface area (Å²) >= 11 is 0. The van der Waals surface area contributed by atoms with Gasteiger partial charge < -0.3 is 10.1 Å². The molecule has 0 bridgehead atoms. The summed E-state index contributed by atoms with van der Waals surface area (Å²) < 4.78 is 26.6. The Labute approximate surface area is 111 Å². The van der Waals surface area contributed by atoms with E-state index in [1.807, 2.05) is 6.92 Å². The summed E-state index contributed by atoms with van der Waals surface area (Å²) in [6, 6.07) is 6.58. The lowest BCUT2D eigenvalue weighted by atomic mass is 10.2. The number of aliphatic hydroxyl groups excluding tert-OH is 1. The van der Waals surface area contributed by atoms with Gasteiger partial charge in [0, 0.05) is 12.1 Å². The number of nitrogens with one attached hydrogen (secondary N) is 2. The zero-order chi connectivity index (χ0) is 13.9. The number of H-pyrrole nitrogens is 1. The summed E-state index contributed by atoms with van der Waals surface area (Å²) in [5, 5.41) is 9.05. The van der Waals surface area contributed by atoms with Crippen LogP contribution in [0.2, 0.25) is 0 Å². The van der Waals surface area contributed by atoms with E-state index in [0.717, 1.165) is 0 Å². The number of aromatic amines is 1. The van der Waals surface area contributed by atoms with Crippen LogP contribution in [0.15, 0.2) is 35.5 Å². The second kappa shape index (κ2) is 5.41. The van der Waals surface area contributed by atoms with Crippen molar-refractivity contribution >= 4 is 15.7 Å². The van der Waals surface area contributed by atoms with Crippen LogP contribution in [-0.4, -0.2) is 23.5 Å². The van der Waals surface area contributed by atoms with Gasteiger partial charge in [-0.1, -0.05) is 19.1 Å². The van der Waals surface area contributed by atoms with Crippen molar-refractivity contribution in [1.29, 1.82) is 0 Å². The van der Waals surface area contributed by atoms with Crippen LogP contribution in [0.5, 0.6) is 0 Å². The minimum absolute atomic E-state index is 0.0266. The lowest BCUT2D eigenvalue weighted by Crippen LogP contribution is -2.13. The zero-order valence-corrected chi connectivity index (χ0v) is 11.2. The number of hydrogen-bond acceptors (Lipinski definition) is 4. The van der Waals surface area contributed by atoms with Crippen LogP contribution in [0.3, 0.4) is 0 Å². The van der Waals surface area contributed by atoms with Gasteiger partial charge in [0.25, 0.3) is 10.0 Å². The van der Waals surface area contributed by atoms with Crippen molar-refractivity contribution in [3.8, 4) is 0 Å². The van der Waals surface area contributed by atoms with E-state index >= 15 is 0 Å². The summed E-state index contributed by atoms with van der Waals surface area (Å²) in [5.74, 6) is 0.615. The molecule has 0 atom stereocenters. The molecule has 1 heterocycles. The van der Waals surface area contributed by atoms with E-state index in [-0.39, 0.29) is 11.6 Å². The smallest absolute Gasteiger partial charge is 0.278 e. The molecule has 0 spiro atoms. The largest absolute Gasteiger partial charge is 0.392 e. The topological polar surface area (TPSA) is 95.1 Å². The van der Waals surface area contributed by atoms with Crippen molar-refractivity contribution in [2.75, 3.05) is 4.72 Å². The maximum Gasteiger partial charge on any atom is 0.278 e. The summed E-state index contributed by atoms with van der Waals surface area (Å²) in [6.45, 7) is 1.74. The molecule has 6 nitrogen and oxygen atoms in total. The molecule has 0 amide bonds. The van der Waals surface area contributed by atoms with Crippen molar-refractivity contribution in [3.63, 3.8) is 0 Å². The van der Waals surface area contributed by atoms with Gasteiger partial charge in [-0.25, -0.2) is 4.98 Å². The number of sulfonamides is 1. The van der Waals surface area contributed by atoms with E-state index < -0.39 is 10.0 Å². The number of aryl methyl sites for hydroxylation is 1. The first-order chi connectivity index (χ1) is 9.05. The fourth-order valence-electron chi connectivity index (χ4n) is 1.60. The molecule has 2 rings (SSSR count). The molecule has 1 aromatic heterocycles. The van der Waals surface area contributed by atoms with E-state index in [1.54, 1.807) is 24.3 Å². The van der Waals surface area contributed by atoms with E-state index in [2.05, 4.69) is 14.7 Å². The van der Waals surface area contributed by atoms with Crippen LogP contribution in [0.25, 0.3) is 0 Å². The Morgan fingerprint density at radius 1 is 1.42 bits per heavy atom. The molecular formula is C12H15N3O3S. The molecule has 7 heteroatoms. The number of aromatic nitrogens is 2. The number of hydrogen-bond donors (Lipinski definition) is 3. The highest BCUT2D eigenvalue weighted by Gasteiger charge is 2.17. The maximum atomic E-state index is 12.1. The second-order valence-corrected chi connectivity index (χ2v) is 5.66. The first-order valence-electron chi connectivity index (χ1n) is 5.81. The predicted octanol–water partition coefficient (Wildman–Crippen LogP) is 1.27. The fraction of sp³-hybridized carbons (Fsp3) is 0.250. The molecule has 0 aliphatic carbocycles. The number of imidazole rings is 1. The van der Waals surface area contributed by atoms with E-state index in [9.17, 15) is 8.42 Å². The summed E-state index contributed by atoms with van der Waals surface area (Å²) in [7, 11) is -3.68. The van der Waals surface area contributed by atoms with Gasteiger partial charge in [-0.15, -0.1) is 0 Å². The molecule has 0 unspecified atom stereocenters. The number of anilines is 1. The number of nitrogens with zero attached hydrogens (tertiary/aromatic N) is 1. The highest BCUT2D eigenvalue weighted by Crippen LogP contribution is 2.16. The van der Waals surface area contributed by atoms with Crippen LogP contribution >= 0.6 is 0 Å². The first-order valence-corrected chi connectivity index (χ1v) is 7.30. The standard InChI is InChI=1S/C12H15N3O3S/c1-2-11-13-7-12(14-11)19(17,18)15-10-5-3-4-9(6-10)8-16/h3-7,15-16H,2,8H2,1H3,(H,13,14). The Bertz CT molecular complexity index is 664. The predicted molar refractivity (Wildman–Crippen MR) is 71.1 cm³/mol. The average Bonchev–Trinajstić information content (AvgIpc) is 2.88. The lowest BCUT2D eigenvalue weighted by molar-refractivity contribution is 0.282. The van der Waals surface area contributed by atoms with Gasteiger partial charge in [0.1, 0.15) is 5.82 Å². The third-order valence-electron chi connectivity index (χ3n) is 2.59. The van der Waals surface area contributed by atoms with Crippen LogP contribution in [0, 0.1) is 0 Å². The lowest BCUT2D eigenvalue weighted by Gasteiger charge is -2.07. The number of rotatable bonds is 5. The quantitative estimate of drug-likeness (QED) is 0.769. The molecule has 0 saturated heterocycles. The van der Waals surface area contributed by atoms with Crippen LogP contribution < -0.4 is 4.72 Å². The van der Waals surface area contributed by atoms with Gasteiger partial charge in [0.05, 0.1) is 12.8 Å². The van der Waals surface area contributed by atoms with Crippen molar-refractivity contribution in [2.24, 2.45) is 0 Å². The number of aliphatic hydroxyl groups is 1. The maximum absolute atomic E-state index is 12.1. The molecule has 19 heavy (non-hydrogen) atoms. The summed E-state index contributed by atoms with van der Waals surface area (Å²) in [5.41, 5.74) is 1.04. The van der Waals surface area contributed by atoms with E-state index in [0.29, 0.717) is 23.5 Å². The van der Waals surface area contributed by atoms with Crippen molar-refractivity contribution in [1.82, 2.24) is 9.97 Å². The van der Waals surface area contributed by atoms with Gasteiger partial charge in [0.2, 0.25) is 0 Å². The summed E-state index contributed by atoms with van der Waals surface area (Å²) in [4.78, 5) is 6.70. The SMILES string of the molecule is CCc1ncc(S(=O)(=O)Nc2cccc(CO)c2)[nH]1. The van der Waals surface area contributed by atoms with Crippen molar-refractivity contribution < 1.29 is 13.5 Å². The summed E-state index contributed by atoms with van der Waals surface area (Å²) in [6.07, 6.45) is 1.92. The van der Waals surface area contributed by atoms with Crippen LogP contribution in [0.1, 0.15) is 18.3 Å². The van der Waals surface area contributed by atoms with Gasteiger partial charge in [0.15, 0.2) is 5.03 Å². The molecule has 0 aliphatic rings.